The predicted octanol–water partition coefficient (Wildman–Crippen LogP) is 2.61. The molecule has 0 bridgehead atoms. The molecular weight excluding hydrogens is 296 g/mol. The number of aliphatic hydroxyl groups is 1. The summed E-state index contributed by atoms with van der Waals surface area (Å²) in [6.45, 7) is 3.83. The average molecular weight is 316 g/mol. The van der Waals surface area contributed by atoms with Crippen molar-refractivity contribution in [2.75, 3.05) is 7.11 Å². The lowest BCUT2D eigenvalue weighted by Crippen LogP contribution is -2.27. The number of ketones is 1. The van der Waals surface area contributed by atoms with Gasteiger partial charge in [-0.05, 0) is 29.7 Å². The molecule has 1 amide bonds. The van der Waals surface area contributed by atoms with Crippen LogP contribution in [0.15, 0.2) is 40.7 Å². The van der Waals surface area contributed by atoms with Crippen LogP contribution in [0, 0.1) is 5.41 Å². The molecule has 0 spiro atoms. The standard InChI is InChI=1S/C17H20N2O4/c1-17(2)8-14(20)13(15(21)9-17)10-18-19-16(22)11-4-6-12(23-3)7-5-11/h4-7,10,20H,8-9H2,1-3H3,(H,19,22). The van der Waals surface area contributed by atoms with Crippen LogP contribution in [0.3, 0.4) is 0 Å². The van der Waals surface area contributed by atoms with Crippen LogP contribution in [-0.4, -0.2) is 30.1 Å². The zero-order chi connectivity index (χ0) is 17.0. The second-order valence-electron chi connectivity index (χ2n) is 6.23. The van der Waals surface area contributed by atoms with E-state index < -0.39 is 5.91 Å². The Labute approximate surface area is 134 Å². The van der Waals surface area contributed by atoms with Gasteiger partial charge in [0.15, 0.2) is 5.78 Å². The molecule has 0 radical (unpaired) electrons. The highest BCUT2D eigenvalue weighted by Crippen LogP contribution is 2.35. The number of allylic oxidation sites excluding steroid dienone is 2. The lowest BCUT2D eigenvalue weighted by Gasteiger charge is -2.28. The van der Waals surface area contributed by atoms with E-state index in [0.29, 0.717) is 24.2 Å². The molecular formula is C17H20N2O4. The van der Waals surface area contributed by atoms with E-state index in [0.717, 1.165) is 0 Å². The average Bonchev–Trinajstić information content (AvgIpc) is 2.49. The number of carbonyl (C=O) groups is 2. The highest BCUT2D eigenvalue weighted by Gasteiger charge is 2.32. The van der Waals surface area contributed by atoms with Gasteiger partial charge in [-0.3, -0.25) is 9.59 Å². The van der Waals surface area contributed by atoms with E-state index in [-0.39, 0.29) is 22.5 Å². The second-order valence-corrected chi connectivity index (χ2v) is 6.23. The molecule has 1 aromatic carbocycles. The Kier molecular flexibility index (Phi) is 4.83. The van der Waals surface area contributed by atoms with Crippen LogP contribution in [-0.2, 0) is 4.79 Å². The summed E-state index contributed by atoms with van der Waals surface area (Å²) in [4.78, 5) is 23.9. The Morgan fingerprint density at radius 2 is 1.96 bits per heavy atom. The van der Waals surface area contributed by atoms with Crippen LogP contribution in [0.1, 0.15) is 37.0 Å². The van der Waals surface area contributed by atoms with Crippen LogP contribution < -0.4 is 10.2 Å². The Morgan fingerprint density at radius 1 is 1.30 bits per heavy atom. The van der Waals surface area contributed by atoms with E-state index in [9.17, 15) is 14.7 Å². The molecule has 1 aliphatic rings. The summed E-state index contributed by atoms with van der Waals surface area (Å²) in [5, 5.41) is 13.7. The van der Waals surface area contributed by atoms with Gasteiger partial charge in [-0.25, -0.2) is 5.43 Å². The number of hydrogen-bond donors (Lipinski definition) is 2. The number of hydrazone groups is 1. The molecule has 0 saturated heterocycles. The van der Waals surface area contributed by atoms with Crippen molar-refractivity contribution in [2.24, 2.45) is 10.5 Å². The zero-order valence-electron chi connectivity index (χ0n) is 13.4. The Balaban J connectivity index is 2.03. The van der Waals surface area contributed by atoms with Crippen molar-refractivity contribution in [3.05, 3.63) is 41.2 Å². The molecule has 2 N–H and O–H groups in total. The number of carbonyl (C=O) groups excluding carboxylic acids is 2. The van der Waals surface area contributed by atoms with Gasteiger partial charge in [-0.1, -0.05) is 13.8 Å². The molecule has 0 aliphatic heterocycles. The fraction of sp³-hybridized carbons (Fsp3) is 0.353. The second kappa shape index (κ2) is 6.64. The maximum atomic E-state index is 12.0. The maximum absolute atomic E-state index is 12.0. The minimum absolute atomic E-state index is 0.00805. The molecule has 1 aromatic rings. The van der Waals surface area contributed by atoms with Crippen LogP contribution >= 0.6 is 0 Å². The molecule has 6 heteroatoms. The Bertz CT molecular complexity index is 672. The molecule has 6 nitrogen and oxygen atoms in total. The summed E-state index contributed by atoms with van der Waals surface area (Å²) in [6, 6.07) is 6.54. The molecule has 1 aliphatic carbocycles. The van der Waals surface area contributed by atoms with Crippen LogP contribution in [0.2, 0.25) is 0 Å². The number of amides is 1. The Hall–Kier alpha value is -2.63. The zero-order valence-corrected chi connectivity index (χ0v) is 13.4. The molecule has 0 aromatic heterocycles. The van der Waals surface area contributed by atoms with Crippen molar-refractivity contribution >= 4 is 17.9 Å². The topological polar surface area (TPSA) is 88.0 Å². The van der Waals surface area contributed by atoms with Gasteiger partial charge < -0.3 is 9.84 Å². The van der Waals surface area contributed by atoms with Gasteiger partial charge in [-0.2, -0.15) is 5.10 Å². The van der Waals surface area contributed by atoms with Crippen molar-refractivity contribution in [3.63, 3.8) is 0 Å². The molecule has 122 valence electrons. The summed E-state index contributed by atoms with van der Waals surface area (Å²) >= 11 is 0. The third-order valence-corrected chi connectivity index (χ3v) is 3.61. The van der Waals surface area contributed by atoms with Gasteiger partial charge >= 0.3 is 0 Å². The smallest absolute Gasteiger partial charge is 0.271 e. The first-order chi connectivity index (χ1) is 10.8. The number of benzene rings is 1. The number of nitrogens with zero attached hydrogens (tertiary/aromatic N) is 1. The number of aliphatic hydroxyl groups excluding tert-OH is 1. The predicted molar refractivity (Wildman–Crippen MR) is 86.6 cm³/mol. The number of methoxy groups -OCH3 is 1. The first-order valence-electron chi connectivity index (χ1n) is 7.25. The van der Waals surface area contributed by atoms with Crippen LogP contribution in [0.4, 0.5) is 0 Å². The number of nitrogens with one attached hydrogen (secondary N) is 1. The van der Waals surface area contributed by atoms with Crippen LogP contribution in [0.5, 0.6) is 5.75 Å². The van der Waals surface area contributed by atoms with E-state index >= 15 is 0 Å². The van der Waals surface area contributed by atoms with Crippen LogP contribution in [0.25, 0.3) is 0 Å². The first-order valence-corrected chi connectivity index (χ1v) is 7.25. The highest BCUT2D eigenvalue weighted by molar-refractivity contribution is 6.14. The molecule has 0 atom stereocenters. The van der Waals surface area contributed by atoms with Gasteiger partial charge in [0.05, 0.1) is 18.9 Å². The minimum Gasteiger partial charge on any atom is -0.511 e. The van der Waals surface area contributed by atoms with E-state index in [4.69, 9.17) is 4.74 Å². The largest absolute Gasteiger partial charge is 0.511 e. The molecule has 23 heavy (non-hydrogen) atoms. The quantitative estimate of drug-likeness (QED) is 0.660. The molecule has 0 unspecified atom stereocenters. The normalized spacial score (nSPS) is 17.4. The summed E-state index contributed by atoms with van der Waals surface area (Å²) in [5.74, 6) is 0.0676. The monoisotopic (exact) mass is 316 g/mol. The van der Waals surface area contributed by atoms with Gasteiger partial charge in [0.1, 0.15) is 11.5 Å². The van der Waals surface area contributed by atoms with Gasteiger partial charge in [0.25, 0.3) is 5.91 Å². The SMILES string of the molecule is COc1ccc(C(=O)NN=CC2=C(O)CC(C)(C)CC2=O)cc1. The van der Waals surface area contributed by atoms with Crippen molar-refractivity contribution < 1.29 is 19.4 Å². The van der Waals surface area contributed by atoms with Gasteiger partial charge in [0, 0.05) is 18.4 Å². The summed E-state index contributed by atoms with van der Waals surface area (Å²) in [7, 11) is 1.54. The minimum atomic E-state index is -0.410. The summed E-state index contributed by atoms with van der Waals surface area (Å²) in [6.07, 6.45) is 1.95. The number of hydrogen-bond acceptors (Lipinski definition) is 5. The third kappa shape index (κ3) is 4.18. The van der Waals surface area contributed by atoms with Gasteiger partial charge in [-0.15, -0.1) is 0 Å². The van der Waals surface area contributed by atoms with Crippen molar-refractivity contribution in [3.8, 4) is 5.75 Å². The third-order valence-electron chi connectivity index (χ3n) is 3.61. The Morgan fingerprint density at radius 3 is 2.52 bits per heavy atom. The van der Waals surface area contributed by atoms with Crippen molar-refractivity contribution in [1.82, 2.24) is 5.43 Å². The lowest BCUT2D eigenvalue weighted by molar-refractivity contribution is -0.117. The van der Waals surface area contributed by atoms with Crippen molar-refractivity contribution in [2.45, 2.75) is 26.7 Å². The fourth-order valence-electron chi connectivity index (χ4n) is 2.41. The number of Topliss-reactive ketones (excluding diaryl/α,β-unsaturated/α-hetero) is 1. The van der Waals surface area contributed by atoms with E-state index in [1.165, 1.54) is 6.21 Å². The lowest BCUT2D eigenvalue weighted by atomic mass is 9.77. The van der Waals surface area contributed by atoms with Gasteiger partial charge in [0.2, 0.25) is 0 Å². The highest BCUT2D eigenvalue weighted by atomic mass is 16.5. The number of rotatable bonds is 4. The van der Waals surface area contributed by atoms with E-state index in [2.05, 4.69) is 10.5 Å². The van der Waals surface area contributed by atoms with E-state index in [1.54, 1.807) is 31.4 Å². The fourth-order valence-corrected chi connectivity index (χ4v) is 2.41. The molecule has 0 saturated carbocycles. The first kappa shape index (κ1) is 16.7. The summed E-state index contributed by atoms with van der Waals surface area (Å²) < 4.78 is 5.02. The molecule has 0 fully saturated rings. The number of ether oxygens (including phenoxy) is 1. The summed E-state index contributed by atoms with van der Waals surface area (Å²) in [5.41, 5.74) is 2.64. The molecule has 2 rings (SSSR count). The maximum Gasteiger partial charge on any atom is 0.271 e. The molecule has 0 heterocycles. The van der Waals surface area contributed by atoms with E-state index in [1.807, 2.05) is 13.8 Å². The van der Waals surface area contributed by atoms with Crippen molar-refractivity contribution in [1.29, 1.82) is 0 Å².